The van der Waals surface area contributed by atoms with E-state index in [-0.39, 0.29) is 0 Å². The highest BCUT2D eigenvalue weighted by Crippen LogP contribution is 2.11. The van der Waals surface area contributed by atoms with Gasteiger partial charge in [0.05, 0.1) is 0 Å². The van der Waals surface area contributed by atoms with Gasteiger partial charge in [0, 0.05) is 12.6 Å². The average Bonchev–Trinajstić information content (AvgIpc) is 2.36. The molecule has 0 aliphatic rings. The Kier molecular flexibility index (Phi) is 6.42. The van der Waals surface area contributed by atoms with E-state index in [2.05, 4.69) is 64.2 Å². The second-order valence-corrected chi connectivity index (χ2v) is 5.97. The minimum absolute atomic E-state index is 0.588. The van der Waals surface area contributed by atoms with Crippen LogP contribution >= 0.6 is 0 Å². The minimum atomic E-state index is 0.588. The molecule has 1 N–H and O–H groups in total. The van der Waals surface area contributed by atoms with Crippen LogP contribution in [0, 0.1) is 11.8 Å². The van der Waals surface area contributed by atoms with Crippen LogP contribution in [0.3, 0.4) is 0 Å². The van der Waals surface area contributed by atoms with Crippen LogP contribution in [0.1, 0.15) is 52.2 Å². The van der Waals surface area contributed by atoms with Gasteiger partial charge < -0.3 is 5.32 Å². The number of hydrogen-bond acceptors (Lipinski definition) is 1. The first-order chi connectivity index (χ1) is 8.52. The molecule has 0 heterocycles. The molecule has 0 saturated heterocycles. The monoisotopic (exact) mass is 247 g/mol. The van der Waals surface area contributed by atoms with E-state index in [1.807, 2.05) is 0 Å². The Balaban J connectivity index is 2.44. The van der Waals surface area contributed by atoms with Crippen LogP contribution in [0.5, 0.6) is 0 Å². The van der Waals surface area contributed by atoms with Gasteiger partial charge in [-0.25, -0.2) is 0 Å². The van der Waals surface area contributed by atoms with Crippen LogP contribution in [-0.2, 0) is 13.0 Å². The van der Waals surface area contributed by atoms with Crippen molar-refractivity contribution in [1.82, 2.24) is 5.32 Å². The Bertz CT molecular complexity index is 326. The molecule has 1 aromatic rings. The first-order valence-corrected chi connectivity index (χ1v) is 7.34. The first-order valence-electron chi connectivity index (χ1n) is 7.34. The predicted molar refractivity (Wildman–Crippen MR) is 80.7 cm³/mol. The number of hydrogen-bond donors (Lipinski definition) is 1. The molecule has 1 aromatic carbocycles. The summed E-state index contributed by atoms with van der Waals surface area (Å²) in [6, 6.07) is 9.64. The van der Waals surface area contributed by atoms with Gasteiger partial charge in [-0.2, -0.15) is 0 Å². The standard InChI is InChI=1S/C17H29N/c1-6-14(4)15(5)18-12-17-9-7-16(8-10-17)11-13(2)3/h7-10,13-15,18H,6,11-12H2,1-5H3. The maximum absolute atomic E-state index is 3.61. The maximum atomic E-state index is 3.61. The molecule has 1 rings (SSSR count). The molecular formula is C17H29N. The molecule has 0 aromatic heterocycles. The van der Waals surface area contributed by atoms with Gasteiger partial charge in [0.25, 0.3) is 0 Å². The SMILES string of the molecule is CCC(C)C(C)NCc1ccc(CC(C)C)cc1. The van der Waals surface area contributed by atoms with Crippen LogP contribution in [0.25, 0.3) is 0 Å². The fraction of sp³-hybridized carbons (Fsp3) is 0.647. The summed E-state index contributed by atoms with van der Waals surface area (Å²) >= 11 is 0. The molecule has 0 radical (unpaired) electrons. The van der Waals surface area contributed by atoms with Crippen molar-refractivity contribution in [2.24, 2.45) is 11.8 Å². The van der Waals surface area contributed by atoms with Gasteiger partial charge in [-0.15, -0.1) is 0 Å². The largest absolute Gasteiger partial charge is 0.310 e. The molecule has 2 atom stereocenters. The third kappa shape index (κ3) is 5.22. The molecule has 102 valence electrons. The smallest absolute Gasteiger partial charge is 0.0208 e. The van der Waals surface area contributed by atoms with Gasteiger partial charge in [-0.05, 0) is 36.3 Å². The van der Waals surface area contributed by atoms with E-state index < -0.39 is 0 Å². The highest BCUT2D eigenvalue weighted by molar-refractivity contribution is 5.22. The van der Waals surface area contributed by atoms with Crippen molar-refractivity contribution in [1.29, 1.82) is 0 Å². The maximum Gasteiger partial charge on any atom is 0.0208 e. The lowest BCUT2D eigenvalue weighted by molar-refractivity contribution is 0.389. The van der Waals surface area contributed by atoms with Crippen LogP contribution in [-0.4, -0.2) is 6.04 Å². The molecule has 2 unspecified atom stereocenters. The van der Waals surface area contributed by atoms with E-state index in [1.54, 1.807) is 0 Å². The van der Waals surface area contributed by atoms with Crippen LogP contribution in [0.4, 0.5) is 0 Å². The lowest BCUT2D eigenvalue weighted by Gasteiger charge is -2.20. The van der Waals surface area contributed by atoms with Gasteiger partial charge >= 0.3 is 0 Å². The molecule has 1 nitrogen and oxygen atoms in total. The molecule has 0 aliphatic carbocycles. The third-order valence-electron chi connectivity index (χ3n) is 3.79. The summed E-state index contributed by atoms with van der Waals surface area (Å²) in [7, 11) is 0. The van der Waals surface area contributed by atoms with Crippen molar-refractivity contribution in [3.63, 3.8) is 0 Å². The molecule has 1 heteroatoms. The highest BCUT2D eigenvalue weighted by atomic mass is 14.9. The van der Waals surface area contributed by atoms with Gasteiger partial charge in [0.15, 0.2) is 0 Å². The Morgan fingerprint density at radius 2 is 1.50 bits per heavy atom. The second kappa shape index (κ2) is 7.58. The van der Waals surface area contributed by atoms with Crippen molar-refractivity contribution < 1.29 is 0 Å². The Morgan fingerprint density at radius 1 is 0.944 bits per heavy atom. The van der Waals surface area contributed by atoms with E-state index >= 15 is 0 Å². The highest BCUT2D eigenvalue weighted by Gasteiger charge is 2.08. The van der Waals surface area contributed by atoms with Crippen molar-refractivity contribution in [3.05, 3.63) is 35.4 Å². The molecule has 0 amide bonds. The Hall–Kier alpha value is -0.820. The third-order valence-corrected chi connectivity index (χ3v) is 3.79. The lowest BCUT2D eigenvalue weighted by Crippen LogP contribution is -2.31. The summed E-state index contributed by atoms with van der Waals surface area (Å²) in [6.07, 6.45) is 2.42. The molecule has 0 saturated carbocycles. The summed E-state index contributed by atoms with van der Waals surface area (Å²) in [4.78, 5) is 0. The van der Waals surface area contributed by atoms with Crippen LogP contribution < -0.4 is 5.32 Å². The summed E-state index contributed by atoms with van der Waals surface area (Å²) < 4.78 is 0. The molecule has 0 fully saturated rings. The normalized spacial score (nSPS) is 14.8. The van der Waals surface area contributed by atoms with Gasteiger partial charge in [-0.3, -0.25) is 0 Å². The van der Waals surface area contributed by atoms with Crippen molar-refractivity contribution in [2.75, 3.05) is 0 Å². The zero-order chi connectivity index (χ0) is 13.5. The van der Waals surface area contributed by atoms with Gasteiger partial charge in [0.1, 0.15) is 0 Å². The lowest BCUT2D eigenvalue weighted by atomic mass is 10.00. The van der Waals surface area contributed by atoms with Crippen molar-refractivity contribution in [2.45, 2.75) is 60.0 Å². The van der Waals surface area contributed by atoms with E-state index in [9.17, 15) is 0 Å². The number of rotatable bonds is 7. The van der Waals surface area contributed by atoms with Crippen molar-refractivity contribution >= 4 is 0 Å². The molecule has 18 heavy (non-hydrogen) atoms. The van der Waals surface area contributed by atoms with Crippen LogP contribution in [0.2, 0.25) is 0 Å². The fourth-order valence-electron chi connectivity index (χ4n) is 2.10. The first kappa shape index (κ1) is 15.2. The Labute approximate surface area is 113 Å². The topological polar surface area (TPSA) is 12.0 Å². The zero-order valence-electron chi connectivity index (χ0n) is 12.7. The number of benzene rings is 1. The van der Waals surface area contributed by atoms with Crippen LogP contribution in [0.15, 0.2) is 24.3 Å². The summed E-state index contributed by atoms with van der Waals surface area (Å²) in [5, 5.41) is 3.61. The van der Waals surface area contributed by atoms with E-state index in [4.69, 9.17) is 0 Å². The van der Waals surface area contributed by atoms with E-state index in [0.717, 1.165) is 18.4 Å². The second-order valence-electron chi connectivity index (χ2n) is 5.97. The zero-order valence-corrected chi connectivity index (χ0v) is 12.7. The van der Waals surface area contributed by atoms with E-state index in [0.29, 0.717) is 6.04 Å². The van der Waals surface area contributed by atoms with Gasteiger partial charge in [0.2, 0.25) is 0 Å². The predicted octanol–water partition coefficient (Wildman–Crippen LogP) is 4.41. The average molecular weight is 247 g/mol. The quantitative estimate of drug-likeness (QED) is 0.752. The summed E-state index contributed by atoms with van der Waals surface area (Å²) in [5.74, 6) is 1.48. The molecule has 0 aliphatic heterocycles. The molecule has 0 spiro atoms. The summed E-state index contributed by atoms with van der Waals surface area (Å²) in [6.45, 7) is 12.4. The number of nitrogens with one attached hydrogen (secondary N) is 1. The van der Waals surface area contributed by atoms with Crippen molar-refractivity contribution in [3.8, 4) is 0 Å². The fourth-order valence-corrected chi connectivity index (χ4v) is 2.10. The minimum Gasteiger partial charge on any atom is -0.310 e. The molecule has 0 bridgehead atoms. The summed E-state index contributed by atoms with van der Waals surface area (Å²) in [5.41, 5.74) is 2.83. The van der Waals surface area contributed by atoms with Gasteiger partial charge in [-0.1, -0.05) is 58.4 Å². The van der Waals surface area contributed by atoms with E-state index in [1.165, 1.54) is 24.0 Å². The molecular weight excluding hydrogens is 218 g/mol. The Morgan fingerprint density at radius 3 is 2.00 bits per heavy atom.